The summed E-state index contributed by atoms with van der Waals surface area (Å²) in [6.45, 7) is 2.37. The second kappa shape index (κ2) is 3.95. The van der Waals surface area contributed by atoms with E-state index in [1.807, 2.05) is 37.3 Å². The Morgan fingerprint density at radius 1 is 1.38 bits per heavy atom. The number of aliphatic carboxylic acids is 1. The van der Waals surface area contributed by atoms with Crippen molar-refractivity contribution in [2.24, 2.45) is 11.8 Å². The van der Waals surface area contributed by atoms with Crippen molar-refractivity contribution in [3.05, 3.63) is 42.0 Å². The van der Waals surface area contributed by atoms with Gasteiger partial charge in [0, 0.05) is 5.69 Å². The number of hydrogen-bond donors (Lipinski definition) is 1. The molecular weight excluding hydrogens is 270 g/mol. The Balaban J connectivity index is 1.73. The van der Waals surface area contributed by atoms with Crippen molar-refractivity contribution in [1.29, 1.82) is 0 Å². The summed E-state index contributed by atoms with van der Waals surface area (Å²) >= 11 is 0. The number of carbonyl (C=O) groups excluding carboxylic acids is 1. The average molecular weight is 285 g/mol. The molecule has 0 unspecified atom stereocenters. The number of aryl methyl sites for hydroxylation is 1. The van der Waals surface area contributed by atoms with Crippen LogP contribution in [-0.4, -0.2) is 35.2 Å². The van der Waals surface area contributed by atoms with E-state index >= 15 is 0 Å². The second-order valence-corrected chi connectivity index (χ2v) is 6.00. The predicted octanol–water partition coefficient (Wildman–Crippen LogP) is 1.37. The molecule has 1 N–H and O–H groups in total. The van der Waals surface area contributed by atoms with E-state index in [1.54, 1.807) is 11.0 Å². The van der Waals surface area contributed by atoms with Crippen LogP contribution in [0.1, 0.15) is 5.56 Å². The van der Waals surface area contributed by atoms with Gasteiger partial charge in [-0.05, 0) is 19.1 Å². The van der Waals surface area contributed by atoms with Gasteiger partial charge in [0.25, 0.3) is 0 Å². The van der Waals surface area contributed by atoms with Crippen LogP contribution in [0.4, 0.5) is 5.69 Å². The topological polar surface area (TPSA) is 66.8 Å². The monoisotopic (exact) mass is 285 g/mol. The molecule has 0 aliphatic carbocycles. The van der Waals surface area contributed by atoms with Crippen molar-refractivity contribution in [2.75, 3.05) is 11.4 Å². The fraction of sp³-hybridized carbons (Fsp3) is 0.375. The first-order chi connectivity index (χ1) is 10.0. The summed E-state index contributed by atoms with van der Waals surface area (Å²) in [5, 5.41) is 9.41. The molecule has 3 heterocycles. The van der Waals surface area contributed by atoms with Crippen LogP contribution in [0.25, 0.3) is 0 Å². The van der Waals surface area contributed by atoms with Crippen molar-refractivity contribution in [3.63, 3.8) is 0 Å². The number of hydrogen-bond acceptors (Lipinski definition) is 3. The Bertz CT molecular complexity index is 665. The van der Waals surface area contributed by atoms with Crippen LogP contribution in [0.15, 0.2) is 36.4 Å². The van der Waals surface area contributed by atoms with E-state index in [0.717, 1.165) is 11.3 Å². The molecule has 0 saturated carbocycles. The quantitative estimate of drug-likeness (QED) is 0.833. The van der Waals surface area contributed by atoms with Crippen molar-refractivity contribution in [2.45, 2.75) is 18.6 Å². The largest absolute Gasteiger partial charge is 0.481 e. The molecular formula is C16H15NO4. The number of nitrogens with zero attached hydrogens (tertiary/aromatic N) is 1. The molecule has 0 aromatic heterocycles. The molecule has 21 heavy (non-hydrogen) atoms. The summed E-state index contributed by atoms with van der Waals surface area (Å²) in [4.78, 5) is 25.8. The molecule has 4 atom stereocenters. The van der Waals surface area contributed by atoms with Crippen LogP contribution in [0, 0.1) is 18.8 Å². The zero-order chi connectivity index (χ0) is 14.8. The number of carboxylic acid groups (broad SMARTS) is 1. The minimum absolute atomic E-state index is 0.155. The van der Waals surface area contributed by atoms with E-state index in [4.69, 9.17) is 4.74 Å². The van der Waals surface area contributed by atoms with Gasteiger partial charge in [-0.25, -0.2) is 0 Å². The first-order valence-electron chi connectivity index (χ1n) is 7.00. The number of carboxylic acids is 1. The lowest BCUT2D eigenvalue weighted by molar-refractivity contribution is -0.146. The summed E-state index contributed by atoms with van der Waals surface area (Å²) in [5.41, 5.74) is 1.14. The second-order valence-electron chi connectivity index (χ2n) is 6.00. The summed E-state index contributed by atoms with van der Waals surface area (Å²) in [5.74, 6) is -2.52. The fourth-order valence-corrected chi connectivity index (χ4v) is 3.72. The number of fused-ring (bicyclic) bond motifs is 1. The number of rotatable bonds is 2. The molecule has 2 saturated heterocycles. The van der Waals surface area contributed by atoms with E-state index in [-0.39, 0.29) is 5.91 Å². The van der Waals surface area contributed by atoms with Crippen LogP contribution in [0.3, 0.4) is 0 Å². The van der Waals surface area contributed by atoms with Crippen molar-refractivity contribution < 1.29 is 19.4 Å². The maximum atomic E-state index is 12.7. The number of anilines is 1. The molecule has 1 aromatic rings. The lowest BCUT2D eigenvalue weighted by atomic mass is 9.77. The normalized spacial score (nSPS) is 36.3. The zero-order valence-electron chi connectivity index (χ0n) is 11.5. The number of amides is 1. The predicted molar refractivity (Wildman–Crippen MR) is 74.9 cm³/mol. The molecule has 3 aliphatic rings. The van der Waals surface area contributed by atoms with Crippen molar-refractivity contribution >= 4 is 17.6 Å². The maximum Gasteiger partial charge on any atom is 0.310 e. The highest BCUT2D eigenvalue weighted by molar-refractivity contribution is 6.02. The highest BCUT2D eigenvalue weighted by Gasteiger charge is 2.67. The highest BCUT2D eigenvalue weighted by Crippen LogP contribution is 2.52. The number of ether oxygens (including phenoxy) is 1. The molecule has 3 aliphatic heterocycles. The molecule has 108 valence electrons. The van der Waals surface area contributed by atoms with Crippen LogP contribution < -0.4 is 4.90 Å². The van der Waals surface area contributed by atoms with E-state index in [0.29, 0.717) is 6.54 Å². The Kier molecular flexibility index (Phi) is 2.37. The molecule has 1 aromatic carbocycles. The van der Waals surface area contributed by atoms with Gasteiger partial charge in [0.1, 0.15) is 11.5 Å². The zero-order valence-corrected chi connectivity index (χ0v) is 11.5. The molecule has 0 radical (unpaired) electrons. The molecule has 1 amide bonds. The summed E-state index contributed by atoms with van der Waals surface area (Å²) in [6.07, 6.45) is 3.17. The lowest BCUT2D eigenvalue weighted by Crippen LogP contribution is -2.39. The van der Waals surface area contributed by atoms with E-state index in [1.165, 1.54) is 0 Å². The summed E-state index contributed by atoms with van der Waals surface area (Å²) in [6, 6.07) is 7.65. The SMILES string of the molecule is Cc1ccc(N2C[C@@]34C=C[C@H](O3)[C@@H](C(=O)O)[C@@H]4C2=O)cc1. The third-order valence-electron chi connectivity index (χ3n) is 4.73. The van der Waals surface area contributed by atoms with Gasteiger partial charge in [-0.2, -0.15) is 0 Å². The Hall–Kier alpha value is -2.14. The van der Waals surface area contributed by atoms with Crippen LogP contribution in [0.2, 0.25) is 0 Å². The standard InChI is InChI=1S/C16H15NO4/c1-9-2-4-10(5-3-9)17-8-16-7-6-11(21-16)12(15(19)20)13(16)14(17)18/h2-7,11-13H,8H2,1H3,(H,19,20)/t11-,12+,13+,16+/m0/s1. The van der Waals surface area contributed by atoms with E-state index in [2.05, 4.69) is 0 Å². The smallest absolute Gasteiger partial charge is 0.310 e. The maximum absolute atomic E-state index is 12.7. The van der Waals surface area contributed by atoms with Crippen molar-refractivity contribution in [3.8, 4) is 0 Å². The Labute approximate surface area is 121 Å². The van der Waals surface area contributed by atoms with E-state index < -0.39 is 29.5 Å². The van der Waals surface area contributed by atoms with Gasteiger partial charge in [-0.15, -0.1) is 0 Å². The summed E-state index contributed by atoms with van der Waals surface area (Å²) in [7, 11) is 0. The molecule has 2 bridgehead atoms. The molecule has 5 nitrogen and oxygen atoms in total. The molecule has 2 fully saturated rings. The molecule has 5 heteroatoms. The van der Waals surface area contributed by atoms with Gasteiger partial charge in [-0.3, -0.25) is 9.59 Å². The molecule has 4 rings (SSSR count). The van der Waals surface area contributed by atoms with Gasteiger partial charge in [0.05, 0.1) is 18.6 Å². The van der Waals surface area contributed by atoms with Crippen LogP contribution >= 0.6 is 0 Å². The third kappa shape index (κ3) is 1.55. The Morgan fingerprint density at radius 3 is 2.76 bits per heavy atom. The van der Waals surface area contributed by atoms with Gasteiger partial charge in [0.2, 0.25) is 5.91 Å². The average Bonchev–Trinajstić information content (AvgIpc) is 3.08. The minimum atomic E-state index is -0.963. The van der Waals surface area contributed by atoms with Gasteiger partial charge < -0.3 is 14.7 Å². The van der Waals surface area contributed by atoms with Crippen LogP contribution in [0.5, 0.6) is 0 Å². The van der Waals surface area contributed by atoms with E-state index in [9.17, 15) is 14.7 Å². The minimum Gasteiger partial charge on any atom is -0.481 e. The third-order valence-corrected chi connectivity index (χ3v) is 4.73. The Morgan fingerprint density at radius 2 is 2.10 bits per heavy atom. The van der Waals surface area contributed by atoms with Crippen molar-refractivity contribution in [1.82, 2.24) is 0 Å². The molecule has 1 spiro atoms. The number of benzene rings is 1. The highest BCUT2D eigenvalue weighted by atomic mass is 16.5. The van der Waals surface area contributed by atoms with Gasteiger partial charge in [-0.1, -0.05) is 29.8 Å². The summed E-state index contributed by atoms with van der Waals surface area (Å²) < 4.78 is 5.85. The number of carbonyl (C=O) groups is 2. The fourth-order valence-electron chi connectivity index (χ4n) is 3.72. The first-order valence-corrected chi connectivity index (χ1v) is 7.00. The first kappa shape index (κ1) is 12.6. The van der Waals surface area contributed by atoms with Gasteiger partial charge in [0.15, 0.2) is 0 Å². The van der Waals surface area contributed by atoms with Crippen LogP contribution in [-0.2, 0) is 14.3 Å². The lowest BCUT2D eigenvalue weighted by Gasteiger charge is -2.21. The van der Waals surface area contributed by atoms with Gasteiger partial charge >= 0.3 is 5.97 Å².